The average Bonchev–Trinajstić information content (AvgIpc) is 2.89. The van der Waals surface area contributed by atoms with Crippen molar-refractivity contribution < 1.29 is 12.9 Å². The molecule has 3 heterocycles. The van der Waals surface area contributed by atoms with Gasteiger partial charge < -0.3 is 9.84 Å². The Morgan fingerprint density at radius 1 is 1.48 bits per heavy atom. The molecule has 0 amide bonds. The molecule has 1 saturated heterocycles. The Morgan fingerprint density at radius 3 is 2.96 bits per heavy atom. The predicted molar refractivity (Wildman–Crippen MR) is 89.2 cm³/mol. The van der Waals surface area contributed by atoms with Gasteiger partial charge in [-0.25, -0.2) is 18.1 Å². The summed E-state index contributed by atoms with van der Waals surface area (Å²) in [5.74, 6) is 0. The number of aryl methyl sites for hydroxylation is 1. The van der Waals surface area contributed by atoms with E-state index in [0.29, 0.717) is 23.6 Å². The van der Waals surface area contributed by atoms with Crippen molar-refractivity contribution in [3.63, 3.8) is 0 Å². The first-order valence-corrected chi connectivity index (χ1v) is 8.98. The molecule has 0 aromatic carbocycles. The number of nitrogens with zero attached hydrogens (tertiary/aromatic N) is 2. The number of hydrogen-bond acceptors (Lipinski definition) is 6. The number of halogens is 1. The summed E-state index contributed by atoms with van der Waals surface area (Å²) in [7, 11) is -3.59. The standard InChI is InChI=1S/C14H20N4O3S.ClH/c1-3-13-12-7-11(8-16-14(12)21-17-13)22(19,20)18-10-4-5-15-9(2)6-10;/h7-10,15,18H,3-6H2,1-2H3;1H. The summed E-state index contributed by atoms with van der Waals surface area (Å²) in [5, 5.41) is 7.86. The van der Waals surface area contributed by atoms with E-state index in [9.17, 15) is 8.42 Å². The summed E-state index contributed by atoms with van der Waals surface area (Å²) in [6.45, 7) is 4.81. The summed E-state index contributed by atoms with van der Waals surface area (Å²) in [5.41, 5.74) is 1.08. The lowest BCUT2D eigenvalue weighted by Gasteiger charge is -2.28. The zero-order chi connectivity index (χ0) is 15.7. The third-order valence-corrected chi connectivity index (χ3v) is 5.46. The first-order valence-electron chi connectivity index (χ1n) is 7.49. The van der Waals surface area contributed by atoms with Gasteiger partial charge in [0.05, 0.1) is 17.3 Å². The van der Waals surface area contributed by atoms with Crippen molar-refractivity contribution in [2.45, 2.75) is 50.1 Å². The monoisotopic (exact) mass is 360 g/mol. The second-order valence-electron chi connectivity index (χ2n) is 5.70. The normalized spacial score (nSPS) is 22.0. The van der Waals surface area contributed by atoms with Crippen molar-refractivity contribution in [1.82, 2.24) is 20.2 Å². The van der Waals surface area contributed by atoms with E-state index in [-0.39, 0.29) is 23.3 Å². The summed E-state index contributed by atoms with van der Waals surface area (Å²) < 4.78 is 33.0. The predicted octanol–water partition coefficient (Wildman–Crippen LogP) is 1.63. The van der Waals surface area contributed by atoms with E-state index in [1.165, 1.54) is 6.20 Å². The Morgan fingerprint density at radius 2 is 2.26 bits per heavy atom. The van der Waals surface area contributed by atoms with Crippen LogP contribution >= 0.6 is 12.4 Å². The highest BCUT2D eigenvalue weighted by Crippen LogP contribution is 2.21. The molecule has 2 aromatic heterocycles. The van der Waals surface area contributed by atoms with E-state index >= 15 is 0 Å². The Labute approximate surface area is 141 Å². The number of pyridine rings is 1. The Hall–Kier alpha value is -1.22. The molecule has 1 aliphatic heterocycles. The van der Waals surface area contributed by atoms with E-state index in [2.05, 4.69) is 27.1 Å². The molecule has 2 N–H and O–H groups in total. The maximum atomic E-state index is 12.5. The number of sulfonamides is 1. The minimum absolute atomic E-state index is 0. The van der Waals surface area contributed by atoms with Gasteiger partial charge in [0.15, 0.2) is 0 Å². The van der Waals surface area contributed by atoms with Crippen molar-refractivity contribution in [3.05, 3.63) is 18.0 Å². The van der Waals surface area contributed by atoms with Crippen molar-refractivity contribution >= 4 is 33.5 Å². The fraction of sp³-hybridized carbons (Fsp3) is 0.571. The summed E-state index contributed by atoms with van der Waals surface area (Å²) in [6, 6.07) is 1.85. The molecule has 0 saturated carbocycles. The molecule has 1 aliphatic rings. The van der Waals surface area contributed by atoms with Crippen LogP contribution in [0.3, 0.4) is 0 Å². The van der Waals surface area contributed by atoms with Crippen molar-refractivity contribution in [1.29, 1.82) is 0 Å². The number of fused-ring (bicyclic) bond motifs is 1. The van der Waals surface area contributed by atoms with Crippen LogP contribution < -0.4 is 10.0 Å². The van der Waals surface area contributed by atoms with Gasteiger partial charge in [0.1, 0.15) is 4.90 Å². The van der Waals surface area contributed by atoms with Crippen LogP contribution in [0.15, 0.2) is 21.7 Å². The molecule has 9 heteroatoms. The lowest BCUT2D eigenvalue weighted by molar-refractivity contribution is 0.361. The molecule has 0 spiro atoms. The number of nitrogens with one attached hydrogen (secondary N) is 2. The van der Waals surface area contributed by atoms with Gasteiger partial charge in [0, 0.05) is 12.1 Å². The largest absolute Gasteiger partial charge is 0.336 e. The first-order chi connectivity index (χ1) is 10.5. The maximum Gasteiger partial charge on any atom is 0.258 e. The lowest BCUT2D eigenvalue weighted by Crippen LogP contribution is -2.46. The smallest absolute Gasteiger partial charge is 0.258 e. The Bertz CT molecular complexity index is 777. The fourth-order valence-electron chi connectivity index (χ4n) is 2.79. The first kappa shape index (κ1) is 18.1. The highest BCUT2D eigenvalue weighted by Gasteiger charge is 2.25. The highest BCUT2D eigenvalue weighted by atomic mass is 35.5. The molecule has 0 radical (unpaired) electrons. The molecule has 23 heavy (non-hydrogen) atoms. The SMILES string of the molecule is CCc1noc2ncc(S(=O)(=O)NC3CCNC(C)C3)cc12.Cl. The van der Waals surface area contributed by atoms with E-state index in [4.69, 9.17) is 4.52 Å². The van der Waals surface area contributed by atoms with Crippen LogP contribution in [0.4, 0.5) is 0 Å². The quantitative estimate of drug-likeness (QED) is 0.860. The number of hydrogen-bond donors (Lipinski definition) is 2. The molecule has 0 aliphatic carbocycles. The molecule has 7 nitrogen and oxygen atoms in total. The molecule has 128 valence electrons. The molecule has 2 unspecified atom stereocenters. The van der Waals surface area contributed by atoms with Crippen LogP contribution in [0.2, 0.25) is 0 Å². The highest BCUT2D eigenvalue weighted by molar-refractivity contribution is 7.89. The molecular formula is C14H21ClN4O3S. The fourth-order valence-corrected chi connectivity index (χ4v) is 4.04. The van der Waals surface area contributed by atoms with Gasteiger partial charge in [-0.3, -0.25) is 0 Å². The second-order valence-corrected chi connectivity index (χ2v) is 7.42. The van der Waals surface area contributed by atoms with Crippen molar-refractivity contribution in [2.24, 2.45) is 0 Å². The van der Waals surface area contributed by atoms with Crippen molar-refractivity contribution in [2.75, 3.05) is 6.54 Å². The molecule has 0 bridgehead atoms. The number of rotatable bonds is 4. The van der Waals surface area contributed by atoms with Gasteiger partial charge >= 0.3 is 0 Å². The van der Waals surface area contributed by atoms with Crippen LogP contribution in [0.5, 0.6) is 0 Å². The zero-order valence-electron chi connectivity index (χ0n) is 13.1. The Kier molecular flexibility index (Phi) is 5.61. The van der Waals surface area contributed by atoms with E-state index in [1.54, 1.807) is 6.07 Å². The number of aromatic nitrogens is 2. The third-order valence-electron chi connectivity index (χ3n) is 3.97. The summed E-state index contributed by atoms with van der Waals surface area (Å²) in [4.78, 5) is 4.22. The minimum atomic E-state index is -3.59. The zero-order valence-corrected chi connectivity index (χ0v) is 14.7. The van der Waals surface area contributed by atoms with Gasteiger partial charge in [0.2, 0.25) is 10.0 Å². The maximum absolute atomic E-state index is 12.5. The van der Waals surface area contributed by atoms with Gasteiger partial charge in [-0.2, -0.15) is 0 Å². The molecule has 1 fully saturated rings. The number of piperidine rings is 1. The minimum Gasteiger partial charge on any atom is -0.336 e. The molecule has 2 atom stereocenters. The lowest BCUT2D eigenvalue weighted by atomic mass is 10.0. The van der Waals surface area contributed by atoms with Crippen LogP contribution in [-0.2, 0) is 16.4 Å². The summed E-state index contributed by atoms with van der Waals surface area (Å²) in [6.07, 6.45) is 3.55. The Balaban J connectivity index is 0.00000192. The topological polar surface area (TPSA) is 97.1 Å². The van der Waals surface area contributed by atoms with Crippen molar-refractivity contribution in [3.8, 4) is 0 Å². The second kappa shape index (κ2) is 7.12. The average molecular weight is 361 g/mol. The van der Waals surface area contributed by atoms with Gasteiger partial charge in [-0.1, -0.05) is 12.1 Å². The van der Waals surface area contributed by atoms with Crippen LogP contribution in [-0.4, -0.2) is 37.2 Å². The summed E-state index contributed by atoms with van der Waals surface area (Å²) >= 11 is 0. The van der Waals surface area contributed by atoms with Crippen LogP contribution in [0, 0.1) is 0 Å². The van der Waals surface area contributed by atoms with E-state index in [0.717, 1.165) is 25.1 Å². The van der Waals surface area contributed by atoms with E-state index in [1.807, 2.05) is 6.92 Å². The molecule has 3 rings (SSSR count). The van der Waals surface area contributed by atoms with Gasteiger partial charge in [0.25, 0.3) is 5.71 Å². The van der Waals surface area contributed by atoms with Gasteiger partial charge in [-0.15, -0.1) is 12.4 Å². The molecule has 2 aromatic rings. The van der Waals surface area contributed by atoms with E-state index < -0.39 is 10.0 Å². The van der Waals surface area contributed by atoms with Gasteiger partial charge in [-0.05, 0) is 38.8 Å². The third kappa shape index (κ3) is 3.82. The van der Waals surface area contributed by atoms with Crippen LogP contribution in [0.1, 0.15) is 32.4 Å². The van der Waals surface area contributed by atoms with Crippen LogP contribution in [0.25, 0.3) is 11.1 Å². The molecular weight excluding hydrogens is 340 g/mol.